The van der Waals surface area contributed by atoms with Crippen LogP contribution in [0.4, 0.5) is 5.69 Å². The molecule has 2 heterocycles. The van der Waals surface area contributed by atoms with Crippen LogP contribution in [0.2, 0.25) is 0 Å². The summed E-state index contributed by atoms with van der Waals surface area (Å²) in [6.07, 6.45) is -0.193. The van der Waals surface area contributed by atoms with Gasteiger partial charge in [-0.1, -0.05) is 11.8 Å². The van der Waals surface area contributed by atoms with Gasteiger partial charge in [-0.15, -0.1) is 11.3 Å². The normalized spacial score (nSPS) is 11.0. The summed E-state index contributed by atoms with van der Waals surface area (Å²) in [5.74, 6) is -0.555. The number of hydrogen-bond acceptors (Lipinski definition) is 7. The molecule has 1 aromatic carbocycles. The van der Waals surface area contributed by atoms with E-state index in [-0.39, 0.29) is 23.3 Å². The molecule has 0 bridgehead atoms. The fourth-order valence-corrected chi connectivity index (χ4v) is 4.00. The van der Waals surface area contributed by atoms with Crippen molar-refractivity contribution in [1.82, 2.24) is 9.97 Å². The molecular formula is C19H19N3O4S2. The largest absolute Gasteiger partial charge is 0.459 e. The molecule has 3 aromatic rings. The van der Waals surface area contributed by atoms with Crippen LogP contribution >= 0.6 is 23.1 Å². The topological polar surface area (TPSA) is 101 Å². The number of thioether (sulfide) groups is 1. The first kappa shape index (κ1) is 20.1. The third-order valence-corrected chi connectivity index (χ3v) is 5.41. The van der Waals surface area contributed by atoms with E-state index in [0.717, 1.165) is 16.6 Å². The van der Waals surface area contributed by atoms with Gasteiger partial charge in [-0.05, 0) is 51.1 Å². The average Bonchev–Trinajstić information content (AvgIpc) is 3.01. The van der Waals surface area contributed by atoms with Gasteiger partial charge in [-0.2, -0.15) is 0 Å². The van der Waals surface area contributed by atoms with Gasteiger partial charge in [-0.3, -0.25) is 9.59 Å². The maximum atomic E-state index is 12.2. The van der Waals surface area contributed by atoms with Crippen LogP contribution in [0, 0.1) is 6.92 Å². The summed E-state index contributed by atoms with van der Waals surface area (Å²) in [6.45, 7) is 5.48. The molecule has 0 spiro atoms. The second-order valence-electron chi connectivity index (χ2n) is 6.32. The first-order chi connectivity index (χ1) is 13.3. The van der Waals surface area contributed by atoms with E-state index in [2.05, 4.69) is 15.3 Å². The molecule has 9 heteroatoms. The maximum Gasteiger partial charge on any atom is 0.338 e. The molecule has 0 aliphatic carbocycles. The van der Waals surface area contributed by atoms with Gasteiger partial charge in [0.25, 0.3) is 5.56 Å². The number of thiophene rings is 1. The number of anilines is 1. The van der Waals surface area contributed by atoms with E-state index in [4.69, 9.17) is 4.74 Å². The second kappa shape index (κ2) is 8.57. The number of esters is 1. The lowest BCUT2D eigenvalue weighted by Crippen LogP contribution is -2.16. The average molecular weight is 418 g/mol. The highest BCUT2D eigenvalue weighted by molar-refractivity contribution is 7.99. The summed E-state index contributed by atoms with van der Waals surface area (Å²) in [4.78, 5) is 44.8. The first-order valence-electron chi connectivity index (χ1n) is 8.56. The molecule has 0 saturated carbocycles. The number of ether oxygens (including phenoxy) is 1. The van der Waals surface area contributed by atoms with Gasteiger partial charge in [-0.25, -0.2) is 9.78 Å². The van der Waals surface area contributed by atoms with Crippen LogP contribution in [0.25, 0.3) is 10.2 Å². The lowest BCUT2D eigenvalue weighted by molar-refractivity contribution is -0.113. The van der Waals surface area contributed by atoms with E-state index in [1.54, 1.807) is 44.2 Å². The molecule has 0 saturated heterocycles. The number of aromatic amines is 1. The number of amides is 1. The standard InChI is InChI=1S/C19H19N3O4S2/c1-10(2)26-18(25)12-4-6-13(7-5-12)20-15(23)9-27-19-21-16(24)14-8-11(3)28-17(14)22-19/h4-8,10H,9H2,1-3H3,(H,20,23)(H,21,22,24). The van der Waals surface area contributed by atoms with E-state index < -0.39 is 5.97 Å². The Hall–Kier alpha value is -2.65. The zero-order valence-electron chi connectivity index (χ0n) is 15.6. The van der Waals surface area contributed by atoms with Crippen LogP contribution in [-0.4, -0.2) is 33.7 Å². The molecule has 0 aliphatic heterocycles. The minimum Gasteiger partial charge on any atom is -0.459 e. The number of rotatable bonds is 6. The molecule has 1 amide bonds. The van der Waals surface area contributed by atoms with Gasteiger partial charge >= 0.3 is 5.97 Å². The van der Waals surface area contributed by atoms with Crippen LogP contribution in [-0.2, 0) is 9.53 Å². The summed E-state index contributed by atoms with van der Waals surface area (Å²) >= 11 is 2.60. The number of hydrogen-bond donors (Lipinski definition) is 2. The Bertz CT molecular complexity index is 1070. The zero-order valence-corrected chi connectivity index (χ0v) is 17.2. The van der Waals surface area contributed by atoms with Crippen molar-refractivity contribution in [2.24, 2.45) is 0 Å². The number of nitrogens with zero attached hydrogens (tertiary/aromatic N) is 1. The molecule has 0 aliphatic rings. The van der Waals surface area contributed by atoms with E-state index >= 15 is 0 Å². The number of H-pyrrole nitrogens is 1. The third kappa shape index (κ3) is 4.99. The highest BCUT2D eigenvalue weighted by Crippen LogP contribution is 2.22. The van der Waals surface area contributed by atoms with Crippen molar-refractivity contribution in [3.8, 4) is 0 Å². The number of carbonyl (C=O) groups excluding carboxylic acids is 2. The Morgan fingerprint density at radius 1 is 1.29 bits per heavy atom. The van der Waals surface area contributed by atoms with Gasteiger partial charge < -0.3 is 15.0 Å². The van der Waals surface area contributed by atoms with Gasteiger partial charge in [0.1, 0.15) is 4.83 Å². The quantitative estimate of drug-likeness (QED) is 0.361. The van der Waals surface area contributed by atoms with E-state index in [0.29, 0.717) is 26.6 Å². The number of nitrogens with one attached hydrogen (secondary N) is 2. The summed E-state index contributed by atoms with van der Waals surface area (Å²) in [6, 6.07) is 8.27. The van der Waals surface area contributed by atoms with E-state index in [9.17, 15) is 14.4 Å². The smallest absolute Gasteiger partial charge is 0.338 e. The predicted octanol–water partition coefficient (Wildman–Crippen LogP) is 3.59. The van der Waals surface area contributed by atoms with Gasteiger partial charge in [0.15, 0.2) is 5.16 Å². The lowest BCUT2D eigenvalue weighted by atomic mass is 10.2. The van der Waals surface area contributed by atoms with E-state index in [1.807, 2.05) is 6.92 Å². The minimum absolute atomic E-state index is 0.0932. The number of benzene rings is 1. The molecular weight excluding hydrogens is 398 g/mol. The second-order valence-corrected chi connectivity index (χ2v) is 8.51. The Morgan fingerprint density at radius 3 is 2.68 bits per heavy atom. The molecule has 2 N–H and O–H groups in total. The minimum atomic E-state index is -0.405. The van der Waals surface area contributed by atoms with Crippen LogP contribution in [0.3, 0.4) is 0 Å². The van der Waals surface area contributed by atoms with Crippen LogP contribution in [0.15, 0.2) is 40.3 Å². The first-order valence-corrected chi connectivity index (χ1v) is 10.4. The Kier molecular flexibility index (Phi) is 6.15. The SMILES string of the molecule is Cc1cc2c(=O)[nH]c(SCC(=O)Nc3ccc(C(=O)OC(C)C)cc3)nc2s1. The van der Waals surface area contributed by atoms with Crippen molar-refractivity contribution in [3.05, 3.63) is 51.1 Å². The molecule has 3 rings (SSSR count). The van der Waals surface area contributed by atoms with Crippen molar-refractivity contribution in [2.45, 2.75) is 32.0 Å². The summed E-state index contributed by atoms with van der Waals surface area (Å²) in [5.41, 5.74) is 0.779. The molecule has 2 aromatic heterocycles. The number of aromatic nitrogens is 2. The van der Waals surface area contributed by atoms with Crippen molar-refractivity contribution in [1.29, 1.82) is 0 Å². The number of aryl methyl sites for hydroxylation is 1. The fourth-order valence-electron chi connectivity index (χ4n) is 2.40. The van der Waals surface area contributed by atoms with E-state index in [1.165, 1.54) is 11.3 Å². The van der Waals surface area contributed by atoms with Crippen LogP contribution < -0.4 is 10.9 Å². The van der Waals surface area contributed by atoms with Crippen molar-refractivity contribution in [3.63, 3.8) is 0 Å². The molecule has 0 atom stereocenters. The lowest BCUT2D eigenvalue weighted by Gasteiger charge is -2.09. The molecule has 0 unspecified atom stereocenters. The molecule has 28 heavy (non-hydrogen) atoms. The fraction of sp³-hybridized carbons (Fsp3) is 0.263. The zero-order chi connectivity index (χ0) is 20.3. The summed E-state index contributed by atoms with van der Waals surface area (Å²) in [7, 11) is 0. The van der Waals surface area contributed by atoms with Crippen molar-refractivity contribution < 1.29 is 14.3 Å². The van der Waals surface area contributed by atoms with Crippen LogP contribution in [0.5, 0.6) is 0 Å². The highest BCUT2D eigenvalue weighted by atomic mass is 32.2. The van der Waals surface area contributed by atoms with Crippen LogP contribution in [0.1, 0.15) is 29.1 Å². The number of fused-ring (bicyclic) bond motifs is 1. The highest BCUT2D eigenvalue weighted by Gasteiger charge is 2.11. The Balaban J connectivity index is 1.58. The van der Waals surface area contributed by atoms with Crippen molar-refractivity contribution >= 4 is 50.9 Å². The summed E-state index contributed by atoms with van der Waals surface area (Å²) < 4.78 is 5.12. The Labute approximate surface area is 169 Å². The molecule has 0 radical (unpaired) electrons. The monoisotopic (exact) mass is 417 g/mol. The van der Waals surface area contributed by atoms with Crippen molar-refractivity contribution in [2.75, 3.05) is 11.1 Å². The molecule has 7 nitrogen and oxygen atoms in total. The Morgan fingerprint density at radius 2 is 2.00 bits per heavy atom. The third-order valence-electron chi connectivity index (χ3n) is 3.59. The van der Waals surface area contributed by atoms with Gasteiger partial charge in [0.05, 0.1) is 22.8 Å². The number of carbonyl (C=O) groups is 2. The van der Waals surface area contributed by atoms with Gasteiger partial charge in [0, 0.05) is 10.6 Å². The summed E-state index contributed by atoms with van der Waals surface area (Å²) in [5, 5.41) is 3.71. The molecule has 146 valence electrons. The predicted molar refractivity (Wildman–Crippen MR) is 111 cm³/mol. The molecule has 0 fully saturated rings. The maximum absolute atomic E-state index is 12.2. The van der Waals surface area contributed by atoms with Gasteiger partial charge in [0.2, 0.25) is 5.91 Å².